The van der Waals surface area contributed by atoms with Gasteiger partial charge >= 0.3 is 6.18 Å². The molecule has 0 aliphatic rings. The van der Waals surface area contributed by atoms with Crippen molar-refractivity contribution in [3.05, 3.63) is 21.1 Å². The van der Waals surface area contributed by atoms with E-state index in [4.69, 9.17) is 0 Å². The Labute approximate surface area is 109 Å². The van der Waals surface area contributed by atoms with E-state index in [1.807, 2.05) is 19.2 Å². The van der Waals surface area contributed by atoms with Crippen molar-refractivity contribution in [2.45, 2.75) is 26.1 Å². The van der Waals surface area contributed by atoms with Crippen molar-refractivity contribution in [1.29, 1.82) is 0 Å². The SMILES string of the molecule is Cc1csc(C(C)Nc2nnc(C(F)(F)F)s2)n1. The van der Waals surface area contributed by atoms with Gasteiger partial charge in [-0.25, -0.2) is 4.98 Å². The lowest BCUT2D eigenvalue weighted by atomic mass is 10.4. The van der Waals surface area contributed by atoms with Gasteiger partial charge in [0.1, 0.15) is 5.01 Å². The first kappa shape index (κ1) is 13.2. The fraction of sp³-hybridized carbons (Fsp3) is 0.444. The van der Waals surface area contributed by atoms with E-state index in [1.54, 1.807) is 0 Å². The van der Waals surface area contributed by atoms with Gasteiger partial charge in [-0.2, -0.15) is 13.2 Å². The summed E-state index contributed by atoms with van der Waals surface area (Å²) in [6.45, 7) is 3.67. The molecule has 1 unspecified atom stereocenters. The molecule has 0 saturated heterocycles. The van der Waals surface area contributed by atoms with E-state index in [0.717, 1.165) is 10.7 Å². The predicted molar refractivity (Wildman–Crippen MR) is 63.8 cm³/mol. The number of nitrogens with zero attached hydrogens (tertiary/aromatic N) is 3. The molecule has 1 atom stereocenters. The monoisotopic (exact) mass is 294 g/mol. The lowest BCUT2D eigenvalue weighted by Gasteiger charge is -2.08. The average Bonchev–Trinajstić information content (AvgIpc) is 2.85. The first-order valence-electron chi connectivity index (χ1n) is 4.95. The molecule has 0 aliphatic heterocycles. The summed E-state index contributed by atoms with van der Waals surface area (Å²) in [6.07, 6.45) is -4.45. The number of thiazole rings is 1. The Morgan fingerprint density at radius 3 is 2.56 bits per heavy atom. The van der Waals surface area contributed by atoms with Gasteiger partial charge in [0.2, 0.25) is 10.1 Å². The van der Waals surface area contributed by atoms with Crippen LogP contribution in [0.4, 0.5) is 18.3 Å². The standard InChI is InChI=1S/C9H9F3N4S2/c1-4-3-17-6(13-4)5(2)14-8-16-15-7(18-8)9(10,11)12/h3,5H,1-2H3,(H,14,16). The van der Waals surface area contributed by atoms with Crippen molar-refractivity contribution in [1.82, 2.24) is 15.2 Å². The van der Waals surface area contributed by atoms with Crippen LogP contribution in [0, 0.1) is 6.92 Å². The number of anilines is 1. The summed E-state index contributed by atoms with van der Waals surface area (Å²) in [7, 11) is 0. The highest BCUT2D eigenvalue weighted by atomic mass is 32.1. The van der Waals surface area contributed by atoms with E-state index < -0.39 is 11.2 Å². The highest BCUT2D eigenvalue weighted by molar-refractivity contribution is 7.15. The third kappa shape index (κ3) is 2.96. The molecular formula is C9H9F3N4S2. The maximum Gasteiger partial charge on any atom is 0.445 e. The minimum atomic E-state index is -4.45. The highest BCUT2D eigenvalue weighted by Crippen LogP contribution is 2.34. The van der Waals surface area contributed by atoms with Crippen LogP contribution >= 0.6 is 22.7 Å². The van der Waals surface area contributed by atoms with Crippen molar-refractivity contribution >= 4 is 27.8 Å². The minimum absolute atomic E-state index is 0.141. The maximum absolute atomic E-state index is 12.3. The lowest BCUT2D eigenvalue weighted by Crippen LogP contribution is -2.05. The smallest absolute Gasteiger partial charge is 0.351 e. The molecule has 2 rings (SSSR count). The largest absolute Gasteiger partial charge is 0.445 e. The van der Waals surface area contributed by atoms with Crippen LogP contribution in [0.1, 0.15) is 28.7 Å². The Balaban J connectivity index is 2.08. The van der Waals surface area contributed by atoms with Gasteiger partial charge in [0.25, 0.3) is 0 Å². The molecule has 4 nitrogen and oxygen atoms in total. The van der Waals surface area contributed by atoms with Gasteiger partial charge < -0.3 is 5.32 Å². The predicted octanol–water partition coefficient (Wildman–Crippen LogP) is 3.49. The molecule has 0 aliphatic carbocycles. The molecular weight excluding hydrogens is 285 g/mol. The fourth-order valence-corrected chi connectivity index (χ4v) is 2.72. The second-order valence-corrected chi connectivity index (χ2v) is 5.47. The first-order valence-corrected chi connectivity index (χ1v) is 6.65. The zero-order chi connectivity index (χ0) is 13.3. The molecule has 0 fully saturated rings. The molecule has 0 aromatic carbocycles. The second kappa shape index (κ2) is 4.81. The third-order valence-electron chi connectivity index (χ3n) is 2.01. The Morgan fingerprint density at radius 2 is 2.06 bits per heavy atom. The van der Waals surface area contributed by atoms with E-state index in [1.165, 1.54) is 11.3 Å². The van der Waals surface area contributed by atoms with Gasteiger partial charge in [-0.3, -0.25) is 0 Å². The van der Waals surface area contributed by atoms with Gasteiger partial charge in [0.05, 0.1) is 6.04 Å². The van der Waals surface area contributed by atoms with Crippen LogP contribution in [0.2, 0.25) is 0 Å². The Bertz CT molecular complexity index is 534. The minimum Gasteiger partial charge on any atom is -0.351 e. The number of nitrogens with one attached hydrogen (secondary N) is 1. The Hall–Kier alpha value is -1.22. The zero-order valence-electron chi connectivity index (χ0n) is 9.45. The molecule has 9 heteroatoms. The van der Waals surface area contributed by atoms with Crippen LogP contribution in [0.25, 0.3) is 0 Å². The normalized spacial score (nSPS) is 13.6. The fourth-order valence-electron chi connectivity index (χ4n) is 1.21. The van der Waals surface area contributed by atoms with Crippen LogP contribution in [-0.4, -0.2) is 15.2 Å². The van der Waals surface area contributed by atoms with Crippen LogP contribution < -0.4 is 5.32 Å². The van der Waals surface area contributed by atoms with E-state index in [9.17, 15) is 13.2 Å². The van der Waals surface area contributed by atoms with Crippen molar-refractivity contribution < 1.29 is 13.2 Å². The van der Waals surface area contributed by atoms with Gasteiger partial charge in [0.15, 0.2) is 0 Å². The average molecular weight is 294 g/mol. The second-order valence-electron chi connectivity index (χ2n) is 3.60. The van der Waals surface area contributed by atoms with Gasteiger partial charge in [-0.05, 0) is 13.8 Å². The topological polar surface area (TPSA) is 50.7 Å². The Morgan fingerprint density at radius 1 is 1.33 bits per heavy atom. The maximum atomic E-state index is 12.3. The first-order chi connectivity index (χ1) is 8.36. The lowest BCUT2D eigenvalue weighted by molar-refractivity contribution is -0.138. The van der Waals surface area contributed by atoms with Crippen molar-refractivity contribution in [3.63, 3.8) is 0 Å². The molecule has 98 valence electrons. The van der Waals surface area contributed by atoms with Gasteiger partial charge in [-0.1, -0.05) is 11.3 Å². The Kier molecular flexibility index (Phi) is 3.53. The quantitative estimate of drug-likeness (QED) is 0.941. The summed E-state index contributed by atoms with van der Waals surface area (Å²) in [5.74, 6) is 0. The molecule has 0 spiro atoms. The zero-order valence-corrected chi connectivity index (χ0v) is 11.1. The molecule has 2 aromatic heterocycles. The van der Waals surface area contributed by atoms with Gasteiger partial charge in [-0.15, -0.1) is 21.5 Å². The van der Waals surface area contributed by atoms with Crippen LogP contribution in [0.3, 0.4) is 0 Å². The number of rotatable bonds is 3. The summed E-state index contributed by atoms with van der Waals surface area (Å²) in [6, 6.07) is -0.197. The highest BCUT2D eigenvalue weighted by Gasteiger charge is 2.35. The summed E-state index contributed by atoms with van der Waals surface area (Å²) in [4.78, 5) is 4.25. The van der Waals surface area contributed by atoms with Crippen molar-refractivity contribution in [2.75, 3.05) is 5.32 Å². The number of hydrogen-bond donors (Lipinski definition) is 1. The molecule has 0 radical (unpaired) electrons. The molecule has 2 aromatic rings. The molecule has 2 heterocycles. The number of aryl methyl sites for hydroxylation is 1. The summed E-state index contributed by atoms with van der Waals surface area (Å²) < 4.78 is 37.0. The van der Waals surface area contributed by atoms with E-state index in [0.29, 0.717) is 11.3 Å². The van der Waals surface area contributed by atoms with Crippen LogP contribution in [0.5, 0.6) is 0 Å². The van der Waals surface area contributed by atoms with E-state index in [2.05, 4.69) is 20.5 Å². The number of aromatic nitrogens is 3. The summed E-state index contributed by atoms with van der Waals surface area (Å²) in [5, 5.41) is 11.3. The van der Waals surface area contributed by atoms with Crippen molar-refractivity contribution in [2.24, 2.45) is 0 Å². The van der Waals surface area contributed by atoms with E-state index in [-0.39, 0.29) is 11.2 Å². The summed E-state index contributed by atoms with van der Waals surface area (Å²) in [5.41, 5.74) is 0.886. The molecule has 18 heavy (non-hydrogen) atoms. The van der Waals surface area contributed by atoms with Crippen molar-refractivity contribution in [3.8, 4) is 0 Å². The number of halogens is 3. The van der Waals surface area contributed by atoms with E-state index >= 15 is 0 Å². The van der Waals surface area contributed by atoms with Crippen LogP contribution in [0.15, 0.2) is 5.38 Å². The molecule has 0 amide bonds. The number of hydrogen-bond acceptors (Lipinski definition) is 6. The van der Waals surface area contributed by atoms with Gasteiger partial charge in [0, 0.05) is 11.1 Å². The third-order valence-corrected chi connectivity index (χ3v) is 4.06. The van der Waals surface area contributed by atoms with Crippen LogP contribution in [-0.2, 0) is 6.18 Å². The number of alkyl halides is 3. The molecule has 1 N–H and O–H groups in total. The summed E-state index contributed by atoms with van der Waals surface area (Å²) >= 11 is 1.94. The molecule has 0 saturated carbocycles. The molecule has 0 bridgehead atoms.